The van der Waals surface area contributed by atoms with Crippen LogP contribution in [0.1, 0.15) is 18.9 Å². The number of pyridine rings is 1. The van der Waals surface area contributed by atoms with Gasteiger partial charge >= 0.3 is 0 Å². The Kier molecular flexibility index (Phi) is 2.55. The molecule has 0 spiro atoms. The summed E-state index contributed by atoms with van der Waals surface area (Å²) in [6.07, 6.45) is 2.59. The van der Waals surface area contributed by atoms with E-state index in [9.17, 15) is 14.7 Å². The third-order valence-electron chi connectivity index (χ3n) is 2.67. The molecule has 1 heterocycles. The minimum Gasteiger partial charge on any atom is -0.423 e. The van der Waals surface area contributed by atoms with Crippen LogP contribution < -0.4 is 10.3 Å². The van der Waals surface area contributed by atoms with Crippen molar-refractivity contribution in [3.63, 3.8) is 0 Å². The number of aromatic nitrogens is 1. The average Bonchev–Trinajstić information content (AvgIpc) is 2.22. The maximum Gasteiger partial charge on any atom is 0.298 e. The van der Waals surface area contributed by atoms with Crippen LogP contribution in [0, 0.1) is 0 Å². The van der Waals surface area contributed by atoms with Crippen molar-refractivity contribution >= 4 is 6.47 Å². The topological polar surface area (TPSA) is 68.5 Å². The fourth-order valence-electron chi connectivity index (χ4n) is 1.68. The molecule has 0 unspecified atom stereocenters. The normalized spacial score (nSPS) is 24.3. The molecule has 0 radical (unpaired) electrons. The van der Waals surface area contributed by atoms with Gasteiger partial charge in [-0.05, 0) is 25.0 Å². The van der Waals surface area contributed by atoms with Gasteiger partial charge in [0.1, 0.15) is 0 Å². The van der Waals surface area contributed by atoms with Crippen LogP contribution in [-0.4, -0.2) is 22.2 Å². The number of carbonyl (C=O) groups is 1. The van der Waals surface area contributed by atoms with E-state index < -0.39 is 6.10 Å². The number of nitrogens with zero attached hydrogens (tertiary/aromatic N) is 1. The summed E-state index contributed by atoms with van der Waals surface area (Å²) in [5.74, 6) is -0.00778. The fraction of sp³-hybridized carbons (Fsp3) is 0.400. The monoisotopic (exact) mass is 209 g/mol. The molecule has 5 nitrogen and oxygen atoms in total. The Morgan fingerprint density at radius 1 is 1.53 bits per heavy atom. The van der Waals surface area contributed by atoms with Crippen molar-refractivity contribution in [1.82, 2.24) is 4.57 Å². The molecule has 15 heavy (non-hydrogen) atoms. The highest BCUT2D eigenvalue weighted by atomic mass is 16.5. The summed E-state index contributed by atoms with van der Waals surface area (Å²) in [5.41, 5.74) is -0.381. The van der Waals surface area contributed by atoms with E-state index in [1.807, 2.05) is 0 Å². The highest BCUT2D eigenvalue weighted by Crippen LogP contribution is 2.31. The van der Waals surface area contributed by atoms with Crippen molar-refractivity contribution in [2.24, 2.45) is 0 Å². The van der Waals surface area contributed by atoms with E-state index in [1.54, 1.807) is 12.3 Å². The summed E-state index contributed by atoms with van der Waals surface area (Å²) in [4.78, 5) is 21.8. The van der Waals surface area contributed by atoms with Crippen LogP contribution in [0.25, 0.3) is 0 Å². The quantitative estimate of drug-likeness (QED) is 0.716. The number of carbonyl (C=O) groups excluding carboxylic acids is 1. The standard InChI is InChI=1S/C10H11NO4/c12-6-15-9-2-1-5-11(10(9)14)7-3-4-8(7)13/h1-2,5-8,13H,3-4H2/t7-,8+/m1/s1. The van der Waals surface area contributed by atoms with Gasteiger partial charge in [0.15, 0.2) is 5.75 Å². The zero-order chi connectivity index (χ0) is 10.8. The molecule has 0 saturated heterocycles. The van der Waals surface area contributed by atoms with Gasteiger partial charge in [0, 0.05) is 6.20 Å². The summed E-state index contributed by atoms with van der Waals surface area (Å²) in [6, 6.07) is 2.86. The van der Waals surface area contributed by atoms with Crippen molar-refractivity contribution in [3.8, 4) is 5.75 Å². The molecule has 0 amide bonds. The first-order valence-corrected chi connectivity index (χ1v) is 4.73. The molecule has 0 bridgehead atoms. The average molecular weight is 209 g/mol. The smallest absolute Gasteiger partial charge is 0.298 e. The van der Waals surface area contributed by atoms with Gasteiger partial charge in [-0.15, -0.1) is 0 Å². The predicted molar refractivity (Wildman–Crippen MR) is 51.7 cm³/mol. The first kappa shape index (κ1) is 9.92. The van der Waals surface area contributed by atoms with Crippen molar-refractivity contribution in [3.05, 3.63) is 28.7 Å². The van der Waals surface area contributed by atoms with E-state index in [2.05, 4.69) is 4.74 Å². The van der Waals surface area contributed by atoms with Gasteiger partial charge < -0.3 is 14.4 Å². The Hall–Kier alpha value is -1.62. The maximum absolute atomic E-state index is 11.7. The molecule has 0 aliphatic heterocycles. The SMILES string of the molecule is O=COc1cccn([C@@H]2CC[C@@H]2O)c1=O. The van der Waals surface area contributed by atoms with Crippen LogP contribution in [0.3, 0.4) is 0 Å². The van der Waals surface area contributed by atoms with Gasteiger partial charge in [-0.25, -0.2) is 0 Å². The van der Waals surface area contributed by atoms with Crippen molar-refractivity contribution < 1.29 is 14.6 Å². The molecule has 5 heteroatoms. The van der Waals surface area contributed by atoms with Gasteiger partial charge in [0.25, 0.3) is 12.0 Å². The lowest BCUT2D eigenvalue weighted by molar-refractivity contribution is -0.120. The van der Waals surface area contributed by atoms with Crippen LogP contribution in [0.2, 0.25) is 0 Å². The number of hydrogen-bond acceptors (Lipinski definition) is 4. The number of aliphatic hydroxyl groups excluding tert-OH is 1. The molecule has 2 atom stereocenters. The molecule has 1 fully saturated rings. The third-order valence-corrected chi connectivity index (χ3v) is 2.67. The molecule has 0 aromatic carbocycles. The Morgan fingerprint density at radius 2 is 2.33 bits per heavy atom. The summed E-state index contributed by atoms with van der Waals surface area (Å²) >= 11 is 0. The summed E-state index contributed by atoms with van der Waals surface area (Å²) in [5, 5.41) is 9.44. The first-order valence-electron chi connectivity index (χ1n) is 4.73. The Balaban J connectivity index is 2.35. The lowest BCUT2D eigenvalue weighted by Crippen LogP contribution is -2.39. The number of aliphatic hydroxyl groups is 1. The molecule has 1 aliphatic rings. The fourth-order valence-corrected chi connectivity index (χ4v) is 1.68. The molecule has 80 valence electrons. The molecule has 1 saturated carbocycles. The minimum atomic E-state index is -0.478. The van der Waals surface area contributed by atoms with E-state index in [4.69, 9.17) is 0 Å². The second-order valence-corrected chi connectivity index (χ2v) is 3.51. The second-order valence-electron chi connectivity index (χ2n) is 3.51. The number of rotatable bonds is 3. The van der Waals surface area contributed by atoms with Crippen LogP contribution in [0.5, 0.6) is 5.75 Å². The zero-order valence-electron chi connectivity index (χ0n) is 8.00. The molecule has 1 aromatic heterocycles. The van der Waals surface area contributed by atoms with E-state index >= 15 is 0 Å². The summed E-state index contributed by atoms with van der Waals surface area (Å²) in [7, 11) is 0. The van der Waals surface area contributed by atoms with E-state index in [-0.39, 0.29) is 23.8 Å². The third kappa shape index (κ3) is 1.66. The minimum absolute atomic E-state index is 0.00778. The lowest BCUT2D eigenvalue weighted by Gasteiger charge is -2.33. The maximum atomic E-state index is 11.7. The van der Waals surface area contributed by atoms with Crippen LogP contribution in [-0.2, 0) is 4.79 Å². The van der Waals surface area contributed by atoms with Gasteiger partial charge in [0.05, 0.1) is 12.1 Å². The zero-order valence-corrected chi connectivity index (χ0v) is 8.00. The number of ether oxygens (including phenoxy) is 1. The second kappa shape index (κ2) is 3.86. The Labute approximate surface area is 85.9 Å². The van der Waals surface area contributed by atoms with Crippen LogP contribution in [0.15, 0.2) is 23.1 Å². The molecule has 1 N–H and O–H groups in total. The largest absolute Gasteiger partial charge is 0.423 e. The molecule has 2 rings (SSSR count). The van der Waals surface area contributed by atoms with E-state index in [0.29, 0.717) is 6.42 Å². The molecular weight excluding hydrogens is 198 g/mol. The van der Waals surface area contributed by atoms with Gasteiger partial charge in [-0.3, -0.25) is 9.59 Å². The molecular formula is C10H11NO4. The first-order chi connectivity index (χ1) is 7.24. The molecule has 1 aromatic rings. The highest BCUT2D eigenvalue weighted by Gasteiger charge is 2.31. The van der Waals surface area contributed by atoms with Crippen LogP contribution in [0.4, 0.5) is 0 Å². The Bertz CT molecular complexity index is 426. The van der Waals surface area contributed by atoms with E-state index in [1.165, 1.54) is 10.6 Å². The predicted octanol–water partition coefficient (Wildman–Crippen LogP) is 0.0793. The van der Waals surface area contributed by atoms with Gasteiger partial charge in [0.2, 0.25) is 0 Å². The van der Waals surface area contributed by atoms with Crippen molar-refractivity contribution in [1.29, 1.82) is 0 Å². The molecule has 1 aliphatic carbocycles. The van der Waals surface area contributed by atoms with Gasteiger partial charge in [-0.1, -0.05) is 0 Å². The Morgan fingerprint density at radius 3 is 2.87 bits per heavy atom. The van der Waals surface area contributed by atoms with Crippen molar-refractivity contribution in [2.45, 2.75) is 25.0 Å². The van der Waals surface area contributed by atoms with E-state index in [0.717, 1.165) is 6.42 Å². The van der Waals surface area contributed by atoms with Crippen molar-refractivity contribution in [2.75, 3.05) is 0 Å². The van der Waals surface area contributed by atoms with Crippen LogP contribution >= 0.6 is 0 Å². The highest BCUT2D eigenvalue weighted by molar-refractivity contribution is 5.44. The summed E-state index contributed by atoms with van der Waals surface area (Å²) in [6.45, 7) is 0.221. The lowest BCUT2D eigenvalue weighted by atomic mass is 9.89. The number of hydrogen-bond donors (Lipinski definition) is 1. The summed E-state index contributed by atoms with van der Waals surface area (Å²) < 4.78 is 5.95. The van der Waals surface area contributed by atoms with Gasteiger partial charge in [-0.2, -0.15) is 0 Å².